The van der Waals surface area contributed by atoms with Gasteiger partial charge in [0.15, 0.2) is 0 Å². The highest BCUT2D eigenvalue weighted by Gasteiger charge is 2.32. The van der Waals surface area contributed by atoms with Crippen molar-refractivity contribution >= 4 is 39.9 Å². The van der Waals surface area contributed by atoms with Gasteiger partial charge in [0, 0.05) is 16.6 Å². The highest BCUT2D eigenvalue weighted by atomic mass is 79.9. The Morgan fingerprint density at radius 3 is 2.59 bits per heavy atom. The molecule has 1 heterocycles. The molecule has 0 saturated carbocycles. The maximum absolute atomic E-state index is 12.4. The fourth-order valence-electron chi connectivity index (χ4n) is 2.69. The van der Waals surface area contributed by atoms with Crippen LogP contribution in [0.3, 0.4) is 0 Å². The Kier molecular flexibility index (Phi) is 6.13. The maximum atomic E-state index is 12.4. The Balaban J connectivity index is 1.81. The van der Waals surface area contributed by atoms with Crippen molar-refractivity contribution in [3.05, 3.63) is 82.0 Å². The SMILES string of the molecule is C=CCN1C(=O)N/C(=C/c2cc(Br)ccc2OCc2ccc(C(=O)O)cc2)C1=O. The van der Waals surface area contributed by atoms with Gasteiger partial charge in [0.1, 0.15) is 18.1 Å². The summed E-state index contributed by atoms with van der Waals surface area (Å²) in [6.45, 7) is 3.87. The zero-order valence-corrected chi connectivity index (χ0v) is 16.8. The van der Waals surface area contributed by atoms with E-state index < -0.39 is 17.9 Å². The number of carbonyl (C=O) groups is 3. The number of carboxylic acids is 1. The van der Waals surface area contributed by atoms with Crippen molar-refractivity contribution < 1.29 is 24.2 Å². The molecule has 0 spiro atoms. The summed E-state index contributed by atoms with van der Waals surface area (Å²) in [5.74, 6) is -0.926. The van der Waals surface area contributed by atoms with E-state index in [4.69, 9.17) is 9.84 Å². The van der Waals surface area contributed by atoms with E-state index in [0.29, 0.717) is 11.3 Å². The lowest BCUT2D eigenvalue weighted by molar-refractivity contribution is -0.122. The number of amides is 3. The van der Waals surface area contributed by atoms with E-state index in [1.807, 2.05) is 0 Å². The molecule has 29 heavy (non-hydrogen) atoms. The number of benzene rings is 2. The zero-order chi connectivity index (χ0) is 21.0. The number of hydrogen-bond acceptors (Lipinski definition) is 4. The minimum Gasteiger partial charge on any atom is -0.488 e. The first-order valence-corrected chi connectivity index (χ1v) is 9.38. The van der Waals surface area contributed by atoms with E-state index in [9.17, 15) is 14.4 Å². The van der Waals surface area contributed by atoms with Crippen molar-refractivity contribution in [1.29, 1.82) is 0 Å². The molecule has 0 unspecified atom stereocenters. The number of nitrogens with one attached hydrogen (secondary N) is 1. The number of carbonyl (C=O) groups excluding carboxylic acids is 2. The number of urea groups is 1. The summed E-state index contributed by atoms with van der Waals surface area (Å²) in [5.41, 5.74) is 1.73. The standard InChI is InChI=1S/C21H17BrN2O5/c1-2-9-24-19(25)17(23-21(24)28)11-15-10-16(22)7-8-18(15)29-12-13-3-5-14(6-4-13)20(26)27/h2-8,10-11H,1,9,12H2,(H,23,28)(H,26,27)/b17-11+. The van der Waals surface area contributed by atoms with Crippen LogP contribution in [0.1, 0.15) is 21.5 Å². The van der Waals surface area contributed by atoms with Gasteiger partial charge in [0.25, 0.3) is 5.91 Å². The topological polar surface area (TPSA) is 95.9 Å². The molecule has 7 nitrogen and oxygen atoms in total. The van der Waals surface area contributed by atoms with Gasteiger partial charge >= 0.3 is 12.0 Å². The molecule has 3 rings (SSSR count). The molecule has 1 aliphatic heterocycles. The van der Waals surface area contributed by atoms with Crippen LogP contribution in [0.25, 0.3) is 6.08 Å². The van der Waals surface area contributed by atoms with E-state index in [1.165, 1.54) is 18.2 Å². The molecule has 3 amide bonds. The van der Waals surface area contributed by atoms with E-state index in [1.54, 1.807) is 36.4 Å². The number of nitrogens with zero attached hydrogens (tertiary/aromatic N) is 1. The Morgan fingerprint density at radius 1 is 1.21 bits per heavy atom. The molecule has 1 aliphatic rings. The van der Waals surface area contributed by atoms with Crippen LogP contribution in [0, 0.1) is 0 Å². The van der Waals surface area contributed by atoms with Gasteiger partial charge in [-0.15, -0.1) is 6.58 Å². The van der Waals surface area contributed by atoms with Crippen LogP contribution in [-0.4, -0.2) is 34.5 Å². The quantitative estimate of drug-likeness (QED) is 0.375. The largest absolute Gasteiger partial charge is 0.488 e. The van der Waals surface area contributed by atoms with Crippen LogP contribution in [-0.2, 0) is 11.4 Å². The number of imide groups is 1. The second kappa shape index (κ2) is 8.74. The molecule has 0 bridgehead atoms. The number of rotatable bonds is 7. The van der Waals surface area contributed by atoms with Gasteiger partial charge in [-0.3, -0.25) is 9.69 Å². The minimum atomic E-state index is -0.993. The summed E-state index contributed by atoms with van der Waals surface area (Å²) >= 11 is 3.39. The minimum absolute atomic E-state index is 0.121. The van der Waals surface area contributed by atoms with E-state index in [-0.39, 0.29) is 24.4 Å². The van der Waals surface area contributed by atoms with Crippen LogP contribution in [0.4, 0.5) is 4.79 Å². The van der Waals surface area contributed by atoms with Crippen LogP contribution in [0.5, 0.6) is 5.75 Å². The molecule has 8 heteroatoms. The third-order valence-electron chi connectivity index (χ3n) is 4.14. The van der Waals surface area contributed by atoms with Gasteiger partial charge in [-0.25, -0.2) is 9.59 Å². The average Bonchev–Trinajstić information content (AvgIpc) is 2.95. The lowest BCUT2D eigenvalue weighted by Gasteiger charge is -2.11. The predicted molar refractivity (Wildman–Crippen MR) is 110 cm³/mol. The van der Waals surface area contributed by atoms with Crippen molar-refractivity contribution in [3.63, 3.8) is 0 Å². The number of ether oxygens (including phenoxy) is 1. The summed E-state index contributed by atoms with van der Waals surface area (Å²) in [6.07, 6.45) is 3.03. The number of carboxylic acid groups (broad SMARTS) is 1. The van der Waals surface area contributed by atoms with Gasteiger partial charge < -0.3 is 15.2 Å². The molecule has 1 fully saturated rings. The number of aromatic carboxylic acids is 1. The molecule has 0 aliphatic carbocycles. The Bertz CT molecular complexity index is 1010. The van der Waals surface area contributed by atoms with Crippen molar-refractivity contribution in [2.24, 2.45) is 0 Å². The summed E-state index contributed by atoms with van der Waals surface area (Å²) in [6, 6.07) is 11.2. The molecule has 2 aromatic rings. The van der Waals surface area contributed by atoms with E-state index in [0.717, 1.165) is 14.9 Å². The highest BCUT2D eigenvalue weighted by Crippen LogP contribution is 2.27. The normalized spacial score (nSPS) is 14.8. The van der Waals surface area contributed by atoms with Crippen LogP contribution in [0.2, 0.25) is 0 Å². The summed E-state index contributed by atoms with van der Waals surface area (Å²) in [5, 5.41) is 11.5. The Morgan fingerprint density at radius 2 is 1.93 bits per heavy atom. The molecule has 148 valence electrons. The predicted octanol–water partition coefficient (Wildman–Crippen LogP) is 3.81. The van der Waals surface area contributed by atoms with E-state index >= 15 is 0 Å². The lowest BCUT2D eigenvalue weighted by atomic mass is 10.1. The molecular formula is C21H17BrN2O5. The van der Waals surface area contributed by atoms with Gasteiger partial charge in [-0.1, -0.05) is 34.1 Å². The van der Waals surface area contributed by atoms with E-state index in [2.05, 4.69) is 27.8 Å². The van der Waals surface area contributed by atoms with Crippen molar-refractivity contribution in [2.45, 2.75) is 6.61 Å². The number of hydrogen-bond donors (Lipinski definition) is 2. The summed E-state index contributed by atoms with van der Waals surface area (Å²) in [4.78, 5) is 36.3. The van der Waals surface area contributed by atoms with Crippen LogP contribution < -0.4 is 10.1 Å². The fourth-order valence-corrected chi connectivity index (χ4v) is 3.07. The molecule has 2 N–H and O–H groups in total. The Labute approximate surface area is 175 Å². The summed E-state index contributed by atoms with van der Waals surface area (Å²) in [7, 11) is 0. The highest BCUT2D eigenvalue weighted by molar-refractivity contribution is 9.10. The number of halogens is 1. The second-order valence-corrected chi connectivity index (χ2v) is 7.08. The fraction of sp³-hybridized carbons (Fsp3) is 0.0952. The second-order valence-electron chi connectivity index (χ2n) is 6.17. The van der Waals surface area contributed by atoms with Gasteiger partial charge in [0.2, 0.25) is 0 Å². The average molecular weight is 457 g/mol. The van der Waals surface area contributed by atoms with Crippen LogP contribution >= 0.6 is 15.9 Å². The molecule has 2 aromatic carbocycles. The zero-order valence-electron chi connectivity index (χ0n) is 15.2. The third kappa shape index (κ3) is 4.72. The first-order valence-electron chi connectivity index (χ1n) is 8.59. The van der Waals surface area contributed by atoms with Gasteiger partial charge in [-0.05, 0) is 42.0 Å². The summed E-state index contributed by atoms with van der Waals surface area (Å²) < 4.78 is 6.64. The molecule has 0 aromatic heterocycles. The molecule has 0 radical (unpaired) electrons. The first-order chi connectivity index (χ1) is 13.9. The molecule has 1 saturated heterocycles. The smallest absolute Gasteiger partial charge is 0.335 e. The molecular weight excluding hydrogens is 440 g/mol. The Hall–Kier alpha value is -3.39. The van der Waals surface area contributed by atoms with Crippen molar-refractivity contribution in [2.75, 3.05) is 6.54 Å². The first kappa shape index (κ1) is 20.3. The van der Waals surface area contributed by atoms with Gasteiger partial charge in [0.05, 0.1) is 5.56 Å². The third-order valence-corrected chi connectivity index (χ3v) is 4.63. The maximum Gasteiger partial charge on any atom is 0.335 e. The van der Waals surface area contributed by atoms with Gasteiger partial charge in [-0.2, -0.15) is 0 Å². The lowest BCUT2D eigenvalue weighted by Crippen LogP contribution is -2.30. The monoisotopic (exact) mass is 456 g/mol. The van der Waals surface area contributed by atoms with Crippen molar-refractivity contribution in [1.82, 2.24) is 10.2 Å². The van der Waals surface area contributed by atoms with Crippen molar-refractivity contribution in [3.8, 4) is 5.75 Å². The molecule has 0 atom stereocenters. The van der Waals surface area contributed by atoms with Crippen LogP contribution in [0.15, 0.2) is 65.3 Å².